The zero-order valence-electron chi connectivity index (χ0n) is 10.8. The van der Waals surface area contributed by atoms with Gasteiger partial charge in [0.1, 0.15) is 0 Å². The van der Waals surface area contributed by atoms with Crippen LogP contribution in [0.1, 0.15) is 36.8 Å². The molecule has 1 heterocycles. The Morgan fingerprint density at radius 1 is 1.22 bits per heavy atom. The highest BCUT2D eigenvalue weighted by Gasteiger charge is 2.13. The predicted molar refractivity (Wildman–Crippen MR) is 71.5 cm³/mol. The van der Waals surface area contributed by atoms with E-state index in [1.54, 1.807) is 0 Å². The normalized spacial score (nSPS) is 16.0. The number of unbranched alkanes of at least 4 members (excludes halogenated alkanes) is 1. The van der Waals surface area contributed by atoms with Crippen LogP contribution in [0.25, 0.3) is 0 Å². The topological polar surface area (TPSA) is 40.5 Å². The number of fused-ring (bicyclic) bond motifs is 1. The van der Waals surface area contributed by atoms with Gasteiger partial charge < -0.3 is 5.11 Å². The van der Waals surface area contributed by atoms with Gasteiger partial charge in [-0.05, 0) is 49.9 Å². The van der Waals surface area contributed by atoms with Crippen molar-refractivity contribution in [1.29, 1.82) is 0 Å². The maximum absolute atomic E-state index is 10.5. The smallest absolute Gasteiger partial charge is 0.303 e. The van der Waals surface area contributed by atoms with Crippen molar-refractivity contribution in [3.63, 3.8) is 0 Å². The van der Waals surface area contributed by atoms with Crippen LogP contribution in [0, 0.1) is 0 Å². The van der Waals surface area contributed by atoms with E-state index in [4.69, 9.17) is 5.11 Å². The van der Waals surface area contributed by atoms with Gasteiger partial charge in [-0.3, -0.25) is 9.69 Å². The van der Waals surface area contributed by atoms with Crippen LogP contribution in [0.15, 0.2) is 24.3 Å². The molecule has 0 atom stereocenters. The maximum atomic E-state index is 10.5. The van der Waals surface area contributed by atoms with E-state index < -0.39 is 5.97 Å². The number of carbonyl (C=O) groups is 1. The average Bonchev–Trinajstić information content (AvgIpc) is 2.56. The Bertz CT molecular complexity index is 403. The van der Waals surface area contributed by atoms with Crippen LogP contribution >= 0.6 is 0 Å². The fourth-order valence-electron chi connectivity index (χ4n) is 2.57. The van der Waals surface area contributed by atoms with Gasteiger partial charge in [-0.2, -0.15) is 0 Å². The van der Waals surface area contributed by atoms with E-state index in [1.807, 2.05) is 0 Å². The first-order valence-electron chi connectivity index (χ1n) is 6.76. The molecule has 18 heavy (non-hydrogen) atoms. The van der Waals surface area contributed by atoms with Gasteiger partial charge in [-0.1, -0.05) is 24.3 Å². The van der Waals surface area contributed by atoms with Crippen molar-refractivity contribution in [3.05, 3.63) is 35.4 Å². The monoisotopic (exact) mass is 247 g/mol. The third kappa shape index (κ3) is 3.84. The van der Waals surface area contributed by atoms with Crippen LogP contribution in [-0.4, -0.2) is 29.1 Å². The number of aliphatic carboxylic acids is 1. The summed E-state index contributed by atoms with van der Waals surface area (Å²) in [5.74, 6) is -0.684. The lowest BCUT2D eigenvalue weighted by atomic mass is 10.0. The minimum Gasteiger partial charge on any atom is -0.481 e. The summed E-state index contributed by atoms with van der Waals surface area (Å²) in [6, 6.07) is 8.66. The first-order valence-corrected chi connectivity index (χ1v) is 6.76. The third-order valence-electron chi connectivity index (χ3n) is 3.55. The Hall–Kier alpha value is -1.35. The standard InChI is InChI=1S/C15H21NO2/c17-15(18)9-3-4-10-16-11-5-8-13-6-1-2-7-14(13)12-16/h1-2,6-7H,3-5,8-12H2,(H,17,18). The first kappa shape index (κ1) is 13.1. The third-order valence-corrected chi connectivity index (χ3v) is 3.55. The molecule has 1 aromatic carbocycles. The number of carboxylic acids is 1. The Labute approximate surface area is 108 Å². The van der Waals surface area contributed by atoms with Gasteiger partial charge in [-0.25, -0.2) is 0 Å². The number of carboxylic acid groups (broad SMARTS) is 1. The predicted octanol–water partition coefficient (Wildman–Crippen LogP) is 2.69. The maximum Gasteiger partial charge on any atom is 0.303 e. The number of aryl methyl sites for hydroxylation is 1. The van der Waals surface area contributed by atoms with E-state index >= 15 is 0 Å². The molecule has 0 spiro atoms. The molecular formula is C15H21NO2. The summed E-state index contributed by atoms with van der Waals surface area (Å²) in [5.41, 5.74) is 2.92. The number of nitrogens with zero attached hydrogens (tertiary/aromatic N) is 1. The molecule has 1 N–H and O–H groups in total. The zero-order chi connectivity index (χ0) is 12.8. The fourth-order valence-corrected chi connectivity index (χ4v) is 2.57. The highest BCUT2D eigenvalue weighted by atomic mass is 16.4. The second kappa shape index (κ2) is 6.55. The molecule has 0 saturated heterocycles. The van der Waals surface area contributed by atoms with Gasteiger partial charge in [0, 0.05) is 13.0 Å². The Balaban J connectivity index is 1.82. The summed E-state index contributed by atoms with van der Waals surface area (Å²) in [4.78, 5) is 12.9. The molecule has 1 aliphatic rings. The molecule has 0 saturated carbocycles. The molecular weight excluding hydrogens is 226 g/mol. The molecule has 0 radical (unpaired) electrons. The van der Waals surface area contributed by atoms with Crippen molar-refractivity contribution in [2.24, 2.45) is 0 Å². The molecule has 0 aromatic heterocycles. The van der Waals surface area contributed by atoms with Gasteiger partial charge in [-0.15, -0.1) is 0 Å². The molecule has 98 valence electrons. The molecule has 0 amide bonds. The van der Waals surface area contributed by atoms with E-state index in [-0.39, 0.29) is 0 Å². The molecule has 3 heteroatoms. The quantitative estimate of drug-likeness (QED) is 0.813. The largest absolute Gasteiger partial charge is 0.481 e. The number of hydrogen-bond donors (Lipinski definition) is 1. The molecule has 3 nitrogen and oxygen atoms in total. The number of rotatable bonds is 5. The summed E-state index contributed by atoms with van der Waals surface area (Å²) < 4.78 is 0. The summed E-state index contributed by atoms with van der Waals surface area (Å²) in [5, 5.41) is 8.61. The Kier molecular flexibility index (Phi) is 4.76. The van der Waals surface area contributed by atoms with Crippen molar-refractivity contribution in [3.8, 4) is 0 Å². The van der Waals surface area contributed by atoms with Crippen molar-refractivity contribution in [2.75, 3.05) is 13.1 Å². The molecule has 1 aromatic rings. The van der Waals surface area contributed by atoms with Gasteiger partial charge in [0.2, 0.25) is 0 Å². The minimum atomic E-state index is -0.684. The van der Waals surface area contributed by atoms with Gasteiger partial charge in [0.05, 0.1) is 0 Å². The van der Waals surface area contributed by atoms with Crippen LogP contribution < -0.4 is 0 Å². The molecule has 1 aliphatic heterocycles. The van der Waals surface area contributed by atoms with E-state index in [1.165, 1.54) is 24.0 Å². The zero-order valence-corrected chi connectivity index (χ0v) is 10.8. The van der Waals surface area contributed by atoms with Gasteiger partial charge in [0.25, 0.3) is 0 Å². The molecule has 2 rings (SSSR count). The van der Waals surface area contributed by atoms with Crippen LogP contribution in [0.5, 0.6) is 0 Å². The average molecular weight is 247 g/mol. The van der Waals surface area contributed by atoms with Crippen LogP contribution in [0.2, 0.25) is 0 Å². The lowest BCUT2D eigenvalue weighted by Crippen LogP contribution is -2.24. The minimum absolute atomic E-state index is 0.296. The van der Waals surface area contributed by atoms with Crippen molar-refractivity contribution in [1.82, 2.24) is 4.90 Å². The summed E-state index contributed by atoms with van der Waals surface area (Å²) >= 11 is 0. The van der Waals surface area contributed by atoms with Crippen molar-refractivity contribution >= 4 is 5.97 Å². The number of benzene rings is 1. The fraction of sp³-hybridized carbons (Fsp3) is 0.533. The van der Waals surface area contributed by atoms with Gasteiger partial charge >= 0.3 is 5.97 Å². The number of hydrogen-bond acceptors (Lipinski definition) is 2. The molecule has 0 fully saturated rings. The lowest BCUT2D eigenvalue weighted by molar-refractivity contribution is -0.137. The molecule has 0 unspecified atom stereocenters. The summed E-state index contributed by atoms with van der Waals surface area (Å²) in [6.07, 6.45) is 4.43. The van der Waals surface area contributed by atoms with Gasteiger partial charge in [0.15, 0.2) is 0 Å². The lowest BCUT2D eigenvalue weighted by Gasteiger charge is -2.20. The highest BCUT2D eigenvalue weighted by molar-refractivity contribution is 5.66. The van der Waals surface area contributed by atoms with Crippen LogP contribution in [-0.2, 0) is 17.8 Å². The van der Waals surface area contributed by atoms with E-state index in [0.29, 0.717) is 6.42 Å². The molecule has 0 aliphatic carbocycles. The summed E-state index contributed by atoms with van der Waals surface area (Å²) in [7, 11) is 0. The second-order valence-electron chi connectivity index (χ2n) is 5.00. The van der Waals surface area contributed by atoms with Crippen molar-refractivity contribution in [2.45, 2.75) is 38.6 Å². The second-order valence-corrected chi connectivity index (χ2v) is 5.00. The SMILES string of the molecule is O=C(O)CCCCN1CCCc2ccccc2C1. The van der Waals surface area contributed by atoms with E-state index in [2.05, 4.69) is 29.2 Å². The van der Waals surface area contributed by atoms with Crippen LogP contribution in [0.3, 0.4) is 0 Å². The van der Waals surface area contributed by atoms with Crippen LogP contribution in [0.4, 0.5) is 0 Å². The highest BCUT2D eigenvalue weighted by Crippen LogP contribution is 2.18. The Morgan fingerprint density at radius 3 is 2.78 bits per heavy atom. The first-order chi connectivity index (χ1) is 8.75. The molecule has 0 bridgehead atoms. The van der Waals surface area contributed by atoms with E-state index in [9.17, 15) is 4.79 Å². The van der Waals surface area contributed by atoms with E-state index in [0.717, 1.165) is 32.5 Å². The Morgan fingerprint density at radius 2 is 2.00 bits per heavy atom. The van der Waals surface area contributed by atoms with Crippen molar-refractivity contribution < 1.29 is 9.90 Å². The summed E-state index contributed by atoms with van der Waals surface area (Å²) in [6.45, 7) is 3.16.